The fraction of sp³-hybridized carbons (Fsp3) is 0.529. The Kier molecular flexibility index (Phi) is 5.34. The molecule has 2 aliphatic rings. The molecule has 25 heavy (non-hydrogen) atoms. The number of anilines is 1. The van der Waals surface area contributed by atoms with E-state index in [4.69, 9.17) is 0 Å². The van der Waals surface area contributed by atoms with Crippen LogP contribution in [0.1, 0.15) is 37.7 Å². The van der Waals surface area contributed by atoms with Crippen molar-refractivity contribution in [3.8, 4) is 5.69 Å². The monoisotopic (exact) mass is 362 g/mol. The van der Waals surface area contributed by atoms with Gasteiger partial charge >= 0.3 is 0 Å². The van der Waals surface area contributed by atoms with Crippen LogP contribution in [-0.4, -0.2) is 38.2 Å². The number of halogens is 1. The van der Waals surface area contributed by atoms with Crippen LogP contribution in [0.25, 0.3) is 5.69 Å². The number of fused-ring (bicyclic) bond motifs is 1. The van der Waals surface area contributed by atoms with Gasteiger partial charge in [0, 0.05) is 11.7 Å². The van der Waals surface area contributed by atoms with E-state index in [1.54, 1.807) is 11.0 Å². The maximum absolute atomic E-state index is 12.6. The molecule has 2 fully saturated rings. The Morgan fingerprint density at radius 1 is 1.32 bits per heavy atom. The van der Waals surface area contributed by atoms with Crippen molar-refractivity contribution in [2.24, 2.45) is 5.92 Å². The van der Waals surface area contributed by atoms with Crippen molar-refractivity contribution in [3.63, 3.8) is 0 Å². The summed E-state index contributed by atoms with van der Waals surface area (Å²) in [6.45, 7) is 1.99. The molecule has 1 aliphatic heterocycles. The van der Waals surface area contributed by atoms with Crippen LogP contribution in [0.2, 0.25) is 0 Å². The Morgan fingerprint density at radius 2 is 2.16 bits per heavy atom. The summed E-state index contributed by atoms with van der Waals surface area (Å²) >= 11 is 0. The minimum Gasteiger partial charge on any atom is -0.325 e. The van der Waals surface area contributed by atoms with Crippen molar-refractivity contribution in [2.45, 2.75) is 51.1 Å². The molecular formula is C17H23ClN6O. The average Bonchev–Trinajstić information content (AvgIpc) is 3.25. The summed E-state index contributed by atoms with van der Waals surface area (Å²) in [7, 11) is 0. The van der Waals surface area contributed by atoms with Gasteiger partial charge in [0.15, 0.2) is 0 Å². The lowest BCUT2D eigenvalue weighted by molar-refractivity contribution is -0.117. The number of hydrogen-bond acceptors (Lipinski definition) is 5. The molecular weight excluding hydrogens is 340 g/mol. The molecule has 1 aliphatic carbocycles. The molecule has 0 bridgehead atoms. The first kappa shape index (κ1) is 17.8. The quantitative estimate of drug-likeness (QED) is 0.874. The molecule has 7 nitrogen and oxygen atoms in total. The molecule has 0 spiro atoms. The molecule has 1 saturated heterocycles. The summed E-state index contributed by atoms with van der Waals surface area (Å²) in [6, 6.07) is 6.23. The maximum Gasteiger partial charge on any atom is 0.241 e. The van der Waals surface area contributed by atoms with E-state index in [0.29, 0.717) is 12.0 Å². The summed E-state index contributed by atoms with van der Waals surface area (Å²) < 4.78 is 1.60. The van der Waals surface area contributed by atoms with Gasteiger partial charge in [-0.3, -0.25) is 4.79 Å². The molecule has 1 saturated carbocycles. The van der Waals surface area contributed by atoms with Crippen LogP contribution in [0.4, 0.5) is 5.69 Å². The van der Waals surface area contributed by atoms with Crippen molar-refractivity contribution in [1.29, 1.82) is 0 Å². The maximum atomic E-state index is 12.6. The third-order valence-corrected chi connectivity index (χ3v) is 5.25. The van der Waals surface area contributed by atoms with Crippen LogP contribution < -0.4 is 10.6 Å². The number of carbonyl (C=O) groups excluding carboxylic acids is 1. The van der Waals surface area contributed by atoms with Gasteiger partial charge in [0.1, 0.15) is 6.33 Å². The number of hydrogen-bond donors (Lipinski definition) is 2. The highest BCUT2D eigenvalue weighted by Crippen LogP contribution is 2.33. The van der Waals surface area contributed by atoms with E-state index >= 15 is 0 Å². The summed E-state index contributed by atoms with van der Waals surface area (Å²) in [5, 5.41) is 17.8. The fourth-order valence-electron chi connectivity index (χ4n) is 3.96. The Labute approximate surface area is 153 Å². The van der Waals surface area contributed by atoms with Crippen LogP contribution in [-0.2, 0) is 4.79 Å². The number of nitrogens with one attached hydrogen (secondary N) is 2. The third kappa shape index (κ3) is 3.67. The lowest BCUT2D eigenvalue weighted by atomic mass is 9.85. The minimum absolute atomic E-state index is 0. The average molecular weight is 363 g/mol. The Hall–Kier alpha value is -1.99. The van der Waals surface area contributed by atoms with Crippen molar-refractivity contribution >= 4 is 24.0 Å². The van der Waals surface area contributed by atoms with Crippen molar-refractivity contribution < 1.29 is 4.79 Å². The number of rotatable bonds is 3. The highest BCUT2D eigenvalue weighted by atomic mass is 35.5. The van der Waals surface area contributed by atoms with E-state index in [9.17, 15) is 4.79 Å². The van der Waals surface area contributed by atoms with Crippen LogP contribution >= 0.6 is 12.4 Å². The van der Waals surface area contributed by atoms with E-state index in [1.165, 1.54) is 25.7 Å². The predicted molar refractivity (Wildman–Crippen MR) is 97.1 cm³/mol. The number of amides is 1. The number of nitrogens with zero attached hydrogens (tertiary/aromatic N) is 4. The van der Waals surface area contributed by atoms with E-state index in [-0.39, 0.29) is 24.4 Å². The zero-order valence-electron chi connectivity index (χ0n) is 14.2. The summed E-state index contributed by atoms with van der Waals surface area (Å²) in [4.78, 5) is 12.6. The van der Waals surface area contributed by atoms with E-state index in [2.05, 4.69) is 26.2 Å². The predicted octanol–water partition coefficient (Wildman–Crippen LogP) is 2.25. The molecule has 1 aromatic heterocycles. The smallest absolute Gasteiger partial charge is 0.241 e. The zero-order chi connectivity index (χ0) is 16.5. The van der Waals surface area contributed by atoms with Crippen LogP contribution in [0.15, 0.2) is 24.5 Å². The van der Waals surface area contributed by atoms with Gasteiger partial charge in [-0.05, 0) is 60.2 Å². The Balaban J connectivity index is 0.00000182. The molecule has 8 heteroatoms. The topological polar surface area (TPSA) is 84.7 Å². The van der Waals surface area contributed by atoms with E-state index in [1.807, 2.05) is 25.1 Å². The molecule has 2 aromatic rings. The highest BCUT2D eigenvalue weighted by Gasteiger charge is 2.38. The van der Waals surface area contributed by atoms with Gasteiger partial charge < -0.3 is 10.6 Å². The molecule has 2 heterocycles. The molecule has 2 N–H and O–H groups in total. The number of carbonyl (C=O) groups is 1. The molecule has 1 amide bonds. The molecule has 134 valence electrons. The normalized spacial score (nSPS) is 25.1. The summed E-state index contributed by atoms with van der Waals surface area (Å²) in [5.41, 5.74) is 2.68. The number of aryl methyl sites for hydroxylation is 1. The SMILES string of the molecule is Cc1ccc(NC(=O)C2CC3CCCCC3N2)cc1-n1cnnn1.Cl. The minimum atomic E-state index is -0.0871. The molecule has 1 aromatic carbocycles. The number of tetrazole rings is 1. The van der Waals surface area contributed by atoms with E-state index < -0.39 is 0 Å². The van der Waals surface area contributed by atoms with Gasteiger partial charge in [-0.1, -0.05) is 18.9 Å². The Bertz CT molecular complexity index is 721. The second kappa shape index (κ2) is 7.49. The third-order valence-electron chi connectivity index (χ3n) is 5.25. The molecule has 3 unspecified atom stereocenters. The van der Waals surface area contributed by atoms with Crippen molar-refractivity contribution in [3.05, 3.63) is 30.1 Å². The Morgan fingerprint density at radius 3 is 2.92 bits per heavy atom. The lowest BCUT2D eigenvalue weighted by Gasteiger charge is -2.24. The molecule has 0 radical (unpaired) electrons. The molecule has 3 atom stereocenters. The number of aromatic nitrogens is 4. The van der Waals surface area contributed by atoms with Crippen molar-refractivity contribution in [1.82, 2.24) is 25.5 Å². The van der Waals surface area contributed by atoms with Gasteiger partial charge in [0.25, 0.3) is 0 Å². The van der Waals surface area contributed by atoms with Crippen LogP contribution in [0.3, 0.4) is 0 Å². The van der Waals surface area contributed by atoms with Gasteiger partial charge in [0.05, 0.1) is 11.7 Å². The first-order valence-electron chi connectivity index (χ1n) is 8.61. The first-order valence-corrected chi connectivity index (χ1v) is 8.61. The van der Waals surface area contributed by atoms with Gasteiger partial charge in [-0.25, -0.2) is 4.68 Å². The van der Waals surface area contributed by atoms with Crippen LogP contribution in [0, 0.1) is 12.8 Å². The molecule has 4 rings (SSSR count). The largest absolute Gasteiger partial charge is 0.325 e. The van der Waals surface area contributed by atoms with Gasteiger partial charge in [-0.2, -0.15) is 0 Å². The lowest BCUT2D eigenvalue weighted by Crippen LogP contribution is -2.39. The first-order chi connectivity index (χ1) is 11.7. The zero-order valence-corrected chi connectivity index (χ0v) is 15.0. The number of benzene rings is 1. The highest BCUT2D eigenvalue weighted by molar-refractivity contribution is 5.95. The standard InChI is InChI=1S/C17H22N6O.ClH/c1-11-6-7-13(9-16(11)23-10-18-21-22-23)19-17(24)15-8-12-4-2-3-5-14(12)20-15;/h6-7,9-10,12,14-15,20H,2-5,8H2,1H3,(H,19,24);1H. The van der Waals surface area contributed by atoms with Gasteiger partial charge in [-0.15, -0.1) is 17.5 Å². The second-order valence-corrected chi connectivity index (χ2v) is 6.85. The van der Waals surface area contributed by atoms with Crippen LogP contribution in [0.5, 0.6) is 0 Å². The summed E-state index contributed by atoms with van der Waals surface area (Å²) in [6.07, 6.45) is 7.51. The second-order valence-electron chi connectivity index (χ2n) is 6.85. The fourth-order valence-corrected chi connectivity index (χ4v) is 3.96. The van der Waals surface area contributed by atoms with Crippen molar-refractivity contribution in [2.75, 3.05) is 5.32 Å². The van der Waals surface area contributed by atoms with Gasteiger partial charge in [0.2, 0.25) is 5.91 Å². The van der Waals surface area contributed by atoms with E-state index in [0.717, 1.165) is 23.4 Å². The summed E-state index contributed by atoms with van der Waals surface area (Å²) in [5.74, 6) is 0.709.